The highest BCUT2D eigenvalue weighted by Gasteiger charge is 2.51. The normalized spacial score (nSPS) is 29.4. The first kappa shape index (κ1) is 18.2. The Morgan fingerprint density at radius 3 is 2.00 bits per heavy atom. The van der Waals surface area contributed by atoms with Crippen LogP contribution >= 0.6 is 0 Å². The third-order valence-corrected chi connectivity index (χ3v) is 8.26. The van der Waals surface area contributed by atoms with Crippen molar-refractivity contribution < 1.29 is 9.90 Å². The second-order valence-corrected chi connectivity index (χ2v) is 10.3. The van der Waals surface area contributed by atoms with Gasteiger partial charge >= 0.3 is 5.97 Å². The fraction of sp³-hybridized carbons (Fsp3) is 0.393. The molecule has 2 nitrogen and oxygen atoms in total. The van der Waals surface area contributed by atoms with Gasteiger partial charge in [0.25, 0.3) is 0 Å². The molecule has 4 saturated carbocycles. The molecule has 2 heteroatoms. The van der Waals surface area contributed by atoms with Crippen molar-refractivity contribution in [3.63, 3.8) is 0 Å². The predicted molar refractivity (Wildman–Crippen MR) is 121 cm³/mol. The van der Waals surface area contributed by atoms with E-state index in [4.69, 9.17) is 5.11 Å². The van der Waals surface area contributed by atoms with Crippen molar-refractivity contribution in [1.82, 2.24) is 0 Å². The van der Waals surface area contributed by atoms with E-state index in [0.29, 0.717) is 11.0 Å². The number of benzene rings is 3. The molecule has 4 fully saturated rings. The largest absolute Gasteiger partial charge is 0.478 e. The van der Waals surface area contributed by atoms with Gasteiger partial charge in [0.2, 0.25) is 0 Å². The lowest BCUT2D eigenvalue weighted by Crippen LogP contribution is -2.48. The summed E-state index contributed by atoms with van der Waals surface area (Å²) in [6.45, 7) is 2.31. The molecular weight excluding hydrogens is 368 g/mol. The molecule has 1 N–H and O–H groups in total. The first-order valence-electron chi connectivity index (χ1n) is 11.4. The monoisotopic (exact) mass is 396 g/mol. The number of rotatable bonds is 3. The highest BCUT2D eigenvalue weighted by molar-refractivity contribution is 5.90. The van der Waals surface area contributed by atoms with Crippen LogP contribution in [-0.2, 0) is 5.41 Å². The predicted octanol–water partition coefficient (Wildman–Crippen LogP) is 6.98. The van der Waals surface area contributed by atoms with Gasteiger partial charge in [-0.05, 0) is 120 Å². The van der Waals surface area contributed by atoms with Gasteiger partial charge in [-0.25, -0.2) is 4.79 Å². The molecule has 152 valence electrons. The molecule has 4 aliphatic carbocycles. The van der Waals surface area contributed by atoms with Crippen molar-refractivity contribution in [2.45, 2.75) is 50.9 Å². The van der Waals surface area contributed by atoms with Crippen LogP contribution in [0, 0.1) is 24.7 Å². The van der Waals surface area contributed by atoms with Crippen LogP contribution in [0.25, 0.3) is 21.9 Å². The van der Waals surface area contributed by atoms with Gasteiger partial charge < -0.3 is 5.11 Å². The van der Waals surface area contributed by atoms with Crippen LogP contribution in [0.15, 0.2) is 54.6 Å². The summed E-state index contributed by atoms with van der Waals surface area (Å²) in [7, 11) is 0. The second kappa shape index (κ2) is 6.44. The Bertz CT molecular complexity index is 1120. The Labute approximate surface area is 177 Å². The van der Waals surface area contributed by atoms with Crippen LogP contribution in [-0.4, -0.2) is 11.1 Å². The zero-order valence-electron chi connectivity index (χ0n) is 17.5. The summed E-state index contributed by atoms with van der Waals surface area (Å²) in [5.41, 5.74) is 6.03. The van der Waals surface area contributed by atoms with E-state index in [9.17, 15) is 4.79 Å². The maximum atomic E-state index is 11.2. The molecule has 4 bridgehead atoms. The Hall–Kier alpha value is -2.61. The highest BCUT2D eigenvalue weighted by Crippen LogP contribution is 2.61. The van der Waals surface area contributed by atoms with Crippen molar-refractivity contribution in [3.8, 4) is 11.1 Å². The SMILES string of the molecule is Cc1cc2ccc(-c3ccc(C(=O)O)cc3)cc2cc1C12CC3CC(CC(C3)C1)C2. The van der Waals surface area contributed by atoms with Crippen LogP contribution in [0.4, 0.5) is 0 Å². The topological polar surface area (TPSA) is 37.3 Å². The third kappa shape index (κ3) is 2.80. The van der Waals surface area contributed by atoms with E-state index in [2.05, 4.69) is 37.3 Å². The summed E-state index contributed by atoms with van der Waals surface area (Å²) in [6, 6.07) is 18.8. The van der Waals surface area contributed by atoms with E-state index in [0.717, 1.165) is 28.9 Å². The molecule has 7 rings (SSSR count). The number of aromatic carboxylic acids is 1. The fourth-order valence-electron chi connectivity index (χ4n) is 7.41. The summed E-state index contributed by atoms with van der Waals surface area (Å²) in [6.07, 6.45) is 8.60. The van der Waals surface area contributed by atoms with Crippen molar-refractivity contribution in [1.29, 1.82) is 0 Å². The molecule has 0 spiro atoms. The molecule has 0 heterocycles. The summed E-state index contributed by atoms with van der Waals surface area (Å²) in [5, 5.41) is 11.8. The highest BCUT2D eigenvalue weighted by atomic mass is 16.4. The smallest absolute Gasteiger partial charge is 0.335 e. The first-order chi connectivity index (χ1) is 14.5. The minimum atomic E-state index is -0.879. The van der Waals surface area contributed by atoms with Gasteiger partial charge in [-0.2, -0.15) is 0 Å². The van der Waals surface area contributed by atoms with E-state index >= 15 is 0 Å². The molecule has 0 aliphatic heterocycles. The molecule has 0 amide bonds. The third-order valence-electron chi connectivity index (χ3n) is 8.26. The van der Waals surface area contributed by atoms with Crippen LogP contribution < -0.4 is 0 Å². The average molecular weight is 397 g/mol. The number of carboxylic acids is 1. The molecule has 0 radical (unpaired) electrons. The molecule has 4 aliphatic rings. The lowest BCUT2D eigenvalue weighted by Gasteiger charge is -2.57. The van der Waals surface area contributed by atoms with E-state index < -0.39 is 5.97 Å². The molecule has 0 aromatic heterocycles. The minimum Gasteiger partial charge on any atom is -0.478 e. The maximum Gasteiger partial charge on any atom is 0.335 e. The van der Waals surface area contributed by atoms with Gasteiger partial charge in [-0.3, -0.25) is 0 Å². The lowest BCUT2D eigenvalue weighted by molar-refractivity contribution is -0.00540. The van der Waals surface area contributed by atoms with Gasteiger partial charge in [0.05, 0.1) is 5.56 Å². The van der Waals surface area contributed by atoms with Gasteiger partial charge in [-0.1, -0.05) is 36.4 Å². The van der Waals surface area contributed by atoms with Crippen LogP contribution in [0.2, 0.25) is 0 Å². The zero-order chi connectivity index (χ0) is 20.5. The molecule has 30 heavy (non-hydrogen) atoms. The van der Waals surface area contributed by atoms with Crippen molar-refractivity contribution in [2.24, 2.45) is 17.8 Å². The van der Waals surface area contributed by atoms with Crippen LogP contribution in [0.3, 0.4) is 0 Å². The standard InChI is InChI=1S/C28H28O2/c1-17-8-23-6-7-24(21-2-4-22(5-3-21)27(29)30)12-25(23)13-26(17)28-14-18-9-19(15-28)11-20(10-18)16-28/h2-8,12-13,18-20H,9-11,14-16H2,1H3,(H,29,30). The van der Waals surface area contributed by atoms with Crippen LogP contribution in [0.1, 0.15) is 60.0 Å². The summed E-state index contributed by atoms with van der Waals surface area (Å²) < 4.78 is 0. The van der Waals surface area contributed by atoms with Crippen molar-refractivity contribution in [2.75, 3.05) is 0 Å². The Morgan fingerprint density at radius 1 is 0.800 bits per heavy atom. The maximum absolute atomic E-state index is 11.2. The van der Waals surface area contributed by atoms with E-state index in [1.54, 1.807) is 17.7 Å². The summed E-state index contributed by atoms with van der Waals surface area (Å²) in [4.78, 5) is 11.2. The quantitative estimate of drug-likeness (QED) is 0.518. The minimum absolute atomic E-state index is 0.333. The van der Waals surface area contributed by atoms with Gasteiger partial charge in [0.1, 0.15) is 0 Å². The van der Waals surface area contributed by atoms with E-state index in [-0.39, 0.29) is 0 Å². The first-order valence-corrected chi connectivity index (χ1v) is 11.4. The molecule has 3 aromatic rings. The van der Waals surface area contributed by atoms with Crippen LogP contribution in [0.5, 0.6) is 0 Å². The molecule has 3 aromatic carbocycles. The van der Waals surface area contributed by atoms with Gasteiger partial charge in [0, 0.05) is 0 Å². The number of carboxylic acid groups (broad SMARTS) is 1. The molecule has 0 atom stereocenters. The fourth-order valence-corrected chi connectivity index (χ4v) is 7.41. The number of hydrogen-bond donors (Lipinski definition) is 1. The number of fused-ring (bicyclic) bond motifs is 1. The summed E-state index contributed by atoms with van der Waals surface area (Å²) in [5.74, 6) is 1.97. The Kier molecular flexibility index (Phi) is 3.90. The van der Waals surface area contributed by atoms with Gasteiger partial charge in [0.15, 0.2) is 0 Å². The summed E-state index contributed by atoms with van der Waals surface area (Å²) >= 11 is 0. The number of carbonyl (C=O) groups is 1. The Balaban J connectivity index is 1.42. The van der Waals surface area contributed by atoms with Crippen molar-refractivity contribution in [3.05, 3.63) is 71.3 Å². The molecule has 0 saturated heterocycles. The second-order valence-electron chi connectivity index (χ2n) is 10.3. The van der Waals surface area contributed by atoms with Gasteiger partial charge in [-0.15, -0.1) is 0 Å². The molecule has 0 unspecified atom stereocenters. The van der Waals surface area contributed by atoms with E-state index in [1.807, 2.05) is 12.1 Å². The average Bonchev–Trinajstić information content (AvgIpc) is 2.72. The number of hydrogen-bond acceptors (Lipinski definition) is 1. The zero-order valence-corrected chi connectivity index (χ0v) is 17.5. The van der Waals surface area contributed by atoms with Crippen molar-refractivity contribution >= 4 is 16.7 Å². The lowest BCUT2D eigenvalue weighted by atomic mass is 9.47. The molecular formula is C28H28O2. The Morgan fingerprint density at radius 2 is 1.40 bits per heavy atom. The number of aryl methyl sites for hydroxylation is 1. The van der Waals surface area contributed by atoms with E-state index in [1.165, 1.54) is 54.9 Å².